The lowest BCUT2D eigenvalue weighted by Gasteiger charge is -2.08. The molecule has 4 aromatic rings. The molecule has 0 aliphatic heterocycles. The highest BCUT2D eigenvalue weighted by Gasteiger charge is 2.21. The number of fused-ring (bicyclic) bond motifs is 1. The molecule has 0 saturated heterocycles. The Morgan fingerprint density at radius 2 is 1.93 bits per heavy atom. The summed E-state index contributed by atoms with van der Waals surface area (Å²) in [4.78, 5) is 30.9. The molecule has 8 heteroatoms. The van der Waals surface area contributed by atoms with Gasteiger partial charge in [0, 0.05) is 10.0 Å². The number of hydrogen-bond donors (Lipinski definition) is 0. The lowest BCUT2D eigenvalue weighted by Crippen LogP contribution is -2.21. The van der Waals surface area contributed by atoms with Gasteiger partial charge in [0.25, 0.3) is 5.56 Å². The number of esters is 1. The van der Waals surface area contributed by atoms with E-state index in [0.29, 0.717) is 30.7 Å². The molecule has 2 heterocycles. The van der Waals surface area contributed by atoms with Crippen molar-refractivity contribution in [1.82, 2.24) is 9.55 Å². The number of benzene rings is 2. The summed E-state index contributed by atoms with van der Waals surface area (Å²) in [5.41, 5.74) is 1.98. The second-order valence-electron chi connectivity index (χ2n) is 6.71. The van der Waals surface area contributed by atoms with Gasteiger partial charge in [-0.05, 0) is 35.7 Å². The molecule has 2 aromatic carbocycles. The molecule has 30 heavy (non-hydrogen) atoms. The van der Waals surface area contributed by atoms with Crippen LogP contribution in [0.25, 0.3) is 10.2 Å². The highest BCUT2D eigenvalue weighted by atomic mass is 35.5. The van der Waals surface area contributed by atoms with Crippen molar-refractivity contribution in [3.8, 4) is 0 Å². The minimum Gasteiger partial charge on any atom is -0.457 e. The molecule has 0 unspecified atom stereocenters. The van der Waals surface area contributed by atoms with Gasteiger partial charge in [0.2, 0.25) is 0 Å². The number of nitrogens with zero attached hydrogens (tertiary/aromatic N) is 2. The van der Waals surface area contributed by atoms with Crippen LogP contribution in [0.15, 0.2) is 59.7 Å². The fourth-order valence-electron chi connectivity index (χ4n) is 3.09. The maximum Gasteiger partial charge on any atom is 0.349 e. The summed E-state index contributed by atoms with van der Waals surface area (Å²) in [5.74, 6) is -0.467. The van der Waals surface area contributed by atoms with E-state index in [1.165, 1.54) is 10.9 Å². The molecular weight excluding hydrogens is 443 g/mol. The Kier molecular flexibility index (Phi) is 5.90. The molecule has 4 rings (SSSR count). The molecule has 0 bridgehead atoms. The summed E-state index contributed by atoms with van der Waals surface area (Å²) in [6, 6.07) is 14.5. The molecule has 5 nitrogen and oxygen atoms in total. The van der Waals surface area contributed by atoms with Gasteiger partial charge in [-0.2, -0.15) is 0 Å². The molecule has 0 spiro atoms. The van der Waals surface area contributed by atoms with Crippen LogP contribution in [-0.2, 0) is 17.9 Å². The van der Waals surface area contributed by atoms with Crippen LogP contribution in [0.5, 0.6) is 0 Å². The fraction of sp³-hybridized carbons (Fsp3) is 0.136. The molecule has 0 N–H and O–H groups in total. The Labute approximate surface area is 186 Å². The average Bonchev–Trinajstić information content (AvgIpc) is 3.08. The Morgan fingerprint density at radius 3 is 2.67 bits per heavy atom. The van der Waals surface area contributed by atoms with Crippen molar-refractivity contribution in [2.45, 2.75) is 20.1 Å². The summed E-state index contributed by atoms with van der Waals surface area (Å²) >= 11 is 13.3. The fourth-order valence-corrected chi connectivity index (χ4v) is 4.59. The van der Waals surface area contributed by atoms with Gasteiger partial charge in [0.05, 0.1) is 18.3 Å². The largest absolute Gasteiger partial charge is 0.457 e. The van der Waals surface area contributed by atoms with Crippen molar-refractivity contribution in [2.24, 2.45) is 0 Å². The minimum absolute atomic E-state index is 0.167. The first-order valence-corrected chi connectivity index (χ1v) is 10.6. The van der Waals surface area contributed by atoms with Gasteiger partial charge in [0.1, 0.15) is 16.3 Å². The second kappa shape index (κ2) is 8.60. The zero-order valence-corrected chi connectivity index (χ0v) is 18.2. The monoisotopic (exact) mass is 458 g/mol. The predicted molar refractivity (Wildman–Crippen MR) is 120 cm³/mol. The molecule has 0 aliphatic carbocycles. The third kappa shape index (κ3) is 4.12. The van der Waals surface area contributed by atoms with E-state index in [-0.39, 0.29) is 18.7 Å². The molecule has 0 radical (unpaired) electrons. The number of rotatable bonds is 5. The molecule has 152 valence electrons. The van der Waals surface area contributed by atoms with Gasteiger partial charge in [-0.3, -0.25) is 9.36 Å². The topological polar surface area (TPSA) is 61.2 Å². The van der Waals surface area contributed by atoms with Gasteiger partial charge in [-0.15, -0.1) is 11.3 Å². The van der Waals surface area contributed by atoms with Gasteiger partial charge < -0.3 is 4.74 Å². The zero-order chi connectivity index (χ0) is 21.3. The van der Waals surface area contributed by atoms with Gasteiger partial charge in [-0.1, -0.05) is 59.6 Å². The number of halogens is 2. The van der Waals surface area contributed by atoms with Crippen molar-refractivity contribution in [3.05, 3.63) is 96.8 Å². The van der Waals surface area contributed by atoms with Crippen LogP contribution in [0.1, 0.15) is 26.4 Å². The number of carbonyl (C=O) groups is 1. The van der Waals surface area contributed by atoms with Crippen molar-refractivity contribution >= 4 is 50.7 Å². The molecule has 2 aromatic heterocycles. The smallest absolute Gasteiger partial charge is 0.349 e. The Balaban J connectivity index is 1.63. The third-order valence-corrected chi connectivity index (χ3v) is 6.44. The van der Waals surface area contributed by atoms with Gasteiger partial charge in [-0.25, -0.2) is 9.78 Å². The molecule has 0 aliphatic rings. The van der Waals surface area contributed by atoms with Gasteiger partial charge in [0.15, 0.2) is 0 Å². The third-order valence-electron chi connectivity index (χ3n) is 4.67. The number of hydrogen-bond acceptors (Lipinski definition) is 5. The first-order chi connectivity index (χ1) is 14.4. The summed E-state index contributed by atoms with van der Waals surface area (Å²) in [6.07, 6.45) is 1.46. The van der Waals surface area contributed by atoms with Crippen molar-refractivity contribution in [2.75, 3.05) is 0 Å². The molecule has 0 fully saturated rings. The van der Waals surface area contributed by atoms with Crippen molar-refractivity contribution < 1.29 is 9.53 Å². The van der Waals surface area contributed by atoms with Crippen LogP contribution in [0.4, 0.5) is 0 Å². The van der Waals surface area contributed by atoms with E-state index in [4.69, 9.17) is 27.9 Å². The van der Waals surface area contributed by atoms with E-state index in [9.17, 15) is 9.59 Å². The molecule has 0 atom stereocenters. The van der Waals surface area contributed by atoms with E-state index in [1.54, 1.807) is 25.1 Å². The van der Waals surface area contributed by atoms with E-state index in [2.05, 4.69) is 4.98 Å². The average molecular weight is 459 g/mol. The number of aryl methyl sites for hydroxylation is 1. The van der Waals surface area contributed by atoms with E-state index in [0.717, 1.165) is 22.5 Å². The summed E-state index contributed by atoms with van der Waals surface area (Å²) in [5, 5.41) is 1.41. The second-order valence-corrected chi connectivity index (χ2v) is 8.55. The highest BCUT2D eigenvalue weighted by molar-refractivity contribution is 7.20. The summed E-state index contributed by atoms with van der Waals surface area (Å²) < 4.78 is 6.89. The van der Waals surface area contributed by atoms with Crippen LogP contribution in [0.2, 0.25) is 10.0 Å². The number of ether oxygens (including phenoxy) is 1. The number of aromatic nitrogens is 2. The molecular formula is C22H16Cl2N2O3S. The van der Waals surface area contributed by atoms with Crippen LogP contribution in [0.3, 0.4) is 0 Å². The number of thiophene rings is 1. The first kappa shape index (κ1) is 20.6. The lowest BCUT2D eigenvalue weighted by atomic mass is 10.2. The maximum absolute atomic E-state index is 13.1. The summed E-state index contributed by atoms with van der Waals surface area (Å²) in [6.45, 7) is 2.15. The van der Waals surface area contributed by atoms with Crippen LogP contribution in [0, 0.1) is 6.92 Å². The van der Waals surface area contributed by atoms with Crippen molar-refractivity contribution in [1.29, 1.82) is 0 Å². The zero-order valence-electron chi connectivity index (χ0n) is 15.9. The Bertz CT molecular complexity index is 1300. The highest BCUT2D eigenvalue weighted by Crippen LogP contribution is 2.28. The Morgan fingerprint density at radius 1 is 1.17 bits per heavy atom. The normalized spacial score (nSPS) is 11.0. The SMILES string of the molecule is Cc1c(C(=O)OCc2ccccc2)sc2ncn(Cc3ccc(Cl)cc3Cl)c(=O)c12. The maximum atomic E-state index is 13.1. The molecule has 0 amide bonds. The first-order valence-electron chi connectivity index (χ1n) is 9.07. The standard InChI is InChI=1S/C22H16Cl2N2O3S/c1-13-18-20(30-19(13)22(28)29-11-14-5-3-2-4-6-14)25-12-26(21(18)27)10-15-7-8-16(23)9-17(15)24/h2-9,12H,10-11H2,1H3. The quantitative estimate of drug-likeness (QED) is 0.371. The lowest BCUT2D eigenvalue weighted by molar-refractivity contribution is 0.0478. The minimum atomic E-state index is -0.467. The van der Waals surface area contributed by atoms with Crippen LogP contribution < -0.4 is 5.56 Å². The molecule has 0 saturated carbocycles. The Hall–Kier alpha value is -2.67. The van der Waals surface area contributed by atoms with Crippen LogP contribution in [-0.4, -0.2) is 15.5 Å². The van der Waals surface area contributed by atoms with Gasteiger partial charge >= 0.3 is 5.97 Å². The van der Waals surface area contributed by atoms with E-state index in [1.807, 2.05) is 30.3 Å². The number of carbonyl (C=O) groups excluding carboxylic acids is 1. The predicted octanol–water partition coefficient (Wildman–Crippen LogP) is 5.48. The van der Waals surface area contributed by atoms with Crippen LogP contribution >= 0.6 is 34.5 Å². The van der Waals surface area contributed by atoms with Crippen molar-refractivity contribution in [3.63, 3.8) is 0 Å². The van der Waals surface area contributed by atoms with E-state index < -0.39 is 5.97 Å². The van der Waals surface area contributed by atoms with E-state index >= 15 is 0 Å². The summed E-state index contributed by atoms with van der Waals surface area (Å²) in [7, 11) is 0.